The second kappa shape index (κ2) is 7.91. The first-order valence-corrected chi connectivity index (χ1v) is 8.99. The van der Waals surface area contributed by atoms with Crippen molar-refractivity contribution < 1.29 is 9.53 Å². The number of H-pyrrole nitrogens is 1. The first-order chi connectivity index (χ1) is 12.1. The van der Waals surface area contributed by atoms with E-state index in [4.69, 9.17) is 27.9 Å². The summed E-state index contributed by atoms with van der Waals surface area (Å²) in [7, 11) is 1.61. The number of hydrogen-bond donors (Lipinski definition) is 1. The smallest absolute Gasteiger partial charge is 0.209 e. The topological polar surface area (TPSA) is 67.9 Å². The maximum Gasteiger partial charge on any atom is 0.209 e. The minimum Gasteiger partial charge on any atom is -0.497 e. The molecule has 0 spiro atoms. The summed E-state index contributed by atoms with van der Waals surface area (Å²) in [4.78, 5) is 16.6. The van der Waals surface area contributed by atoms with Crippen LogP contribution in [0.25, 0.3) is 11.4 Å². The molecular formula is C17H13Cl2N3O2S. The number of ether oxygens (including phenoxy) is 1. The molecule has 2 aromatic carbocycles. The van der Waals surface area contributed by atoms with E-state index in [2.05, 4.69) is 15.2 Å². The largest absolute Gasteiger partial charge is 0.497 e. The monoisotopic (exact) mass is 393 g/mol. The molecule has 0 radical (unpaired) electrons. The Hall–Kier alpha value is -2.02. The van der Waals surface area contributed by atoms with Crippen molar-refractivity contribution in [3.63, 3.8) is 0 Å². The molecule has 0 fully saturated rings. The summed E-state index contributed by atoms with van der Waals surface area (Å²) in [6.07, 6.45) is 0. The Labute approximate surface area is 158 Å². The van der Waals surface area contributed by atoms with Gasteiger partial charge in [0.15, 0.2) is 11.6 Å². The second-order valence-corrected chi connectivity index (χ2v) is 6.79. The average Bonchev–Trinajstić information content (AvgIpc) is 3.11. The lowest BCUT2D eigenvalue weighted by Crippen LogP contribution is -2.02. The minimum absolute atomic E-state index is 0.0700. The number of thioether (sulfide) groups is 1. The van der Waals surface area contributed by atoms with Gasteiger partial charge >= 0.3 is 0 Å². The molecule has 128 valence electrons. The van der Waals surface area contributed by atoms with Crippen LogP contribution in [0.3, 0.4) is 0 Å². The Morgan fingerprint density at radius 1 is 1.16 bits per heavy atom. The molecule has 0 saturated carbocycles. The fraction of sp³-hybridized carbons (Fsp3) is 0.118. The van der Waals surface area contributed by atoms with Crippen molar-refractivity contribution in [2.75, 3.05) is 12.9 Å². The molecule has 0 aliphatic carbocycles. The van der Waals surface area contributed by atoms with E-state index in [1.54, 1.807) is 25.3 Å². The van der Waals surface area contributed by atoms with Crippen LogP contribution in [0, 0.1) is 0 Å². The van der Waals surface area contributed by atoms with E-state index in [-0.39, 0.29) is 11.5 Å². The lowest BCUT2D eigenvalue weighted by molar-refractivity contribution is 0.102. The molecule has 3 rings (SSSR count). The summed E-state index contributed by atoms with van der Waals surface area (Å²) < 4.78 is 5.13. The lowest BCUT2D eigenvalue weighted by Gasteiger charge is -2.01. The fourth-order valence-electron chi connectivity index (χ4n) is 2.07. The van der Waals surface area contributed by atoms with Crippen LogP contribution in [0.4, 0.5) is 0 Å². The molecule has 0 aliphatic rings. The third-order valence-electron chi connectivity index (χ3n) is 3.40. The number of halogens is 2. The van der Waals surface area contributed by atoms with Crippen LogP contribution in [0.5, 0.6) is 5.75 Å². The van der Waals surface area contributed by atoms with Crippen LogP contribution < -0.4 is 4.74 Å². The number of aromatic amines is 1. The molecule has 0 saturated heterocycles. The van der Waals surface area contributed by atoms with Crippen LogP contribution in [0.1, 0.15) is 10.4 Å². The summed E-state index contributed by atoms with van der Waals surface area (Å²) in [5.41, 5.74) is 1.39. The Morgan fingerprint density at radius 3 is 2.60 bits per heavy atom. The number of hydrogen-bond acceptors (Lipinski definition) is 5. The van der Waals surface area contributed by atoms with Gasteiger partial charge in [-0.3, -0.25) is 9.89 Å². The van der Waals surface area contributed by atoms with Gasteiger partial charge in [0.05, 0.1) is 22.9 Å². The predicted molar refractivity (Wildman–Crippen MR) is 99.9 cm³/mol. The number of nitrogens with one attached hydrogen (secondary N) is 1. The van der Waals surface area contributed by atoms with Crippen molar-refractivity contribution in [2.24, 2.45) is 0 Å². The zero-order valence-corrected chi connectivity index (χ0v) is 15.5. The zero-order valence-electron chi connectivity index (χ0n) is 13.1. The van der Waals surface area contributed by atoms with Gasteiger partial charge in [0.2, 0.25) is 5.16 Å². The van der Waals surface area contributed by atoms with Gasteiger partial charge in [-0.25, -0.2) is 4.98 Å². The number of aromatic nitrogens is 3. The molecular weight excluding hydrogens is 381 g/mol. The van der Waals surface area contributed by atoms with E-state index in [0.29, 0.717) is 26.6 Å². The van der Waals surface area contributed by atoms with Crippen molar-refractivity contribution in [1.82, 2.24) is 15.2 Å². The summed E-state index contributed by atoms with van der Waals surface area (Å²) >= 11 is 13.0. The van der Waals surface area contributed by atoms with Gasteiger partial charge < -0.3 is 4.74 Å². The summed E-state index contributed by atoms with van der Waals surface area (Å²) in [6, 6.07) is 12.3. The van der Waals surface area contributed by atoms with Gasteiger partial charge in [0, 0.05) is 11.1 Å². The maximum absolute atomic E-state index is 12.2. The first-order valence-electron chi connectivity index (χ1n) is 7.24. The molecule has 0 bridgehead atoms. The highest BCUT2D eigenvalue weighted by Gasteiger charge is 2.12. The summed E-state index contributed by atoms with van der Waals surface area (Å²) in [5, 5.41) is 8.27. The van der Waals surface area contributed by atoms with Gasteiger partial charge in [-0.15, -0.1) is 5.10 Å². The van der Waals surface area contributed by atoms with E-state index in [0.717, 1.165) is 11.3 Å². The second-order valence-electron chi connectivity index (χ2n) is 5.04. The number of ketones is 1. The first kappa shape index (κ1) is 17.8. The van der Waals surface area contributed by atoms with Crippen LogP contribution in [-0.2, 0) is 0 Å². The highest BCUT2D eigenvalue weighted by molar-refractivity contribution is 7.99. The Bertz CT molecular complexity index is 897. The van der Waals surface area contributed by atoms with Crippen molar-refractivity contribution in [3.8, 4) is 17.1 Å². The van der Waals surface area contributed by atoms with Gasteiger partial charge in [-0.05, 0) is 42.5 Å². The zero-order chi connectivity index (χ0) is 17.8. The van der Waals surface area contributed by atoms with Crippen LogP contribution in [0.2, 0.25) is 10.0 Å². The van der Waals surface area contributed by atoms with Crippen molar-refractivity contribution in [3.05, 3.63) is 58.1 Å². The number of carbonyl (C=O) groups excluding carboxylic acids is 1. The van der Waals surface area contributed by atoms with Crippen molar-refractivity contribution >= 4 is 40.7 Å². The normalized spacial score (nSPS) is 10.7. The number of nitrogens with zero attached hydrogens (tertiary/aromatic N) is 2. The number of benzene rings is 2. The van der Waals surface area contributed by atoms with E-state index in [1.165, 1.54) is 11.8 Å². The molecule has 0 aliphatic heterocycles. The van der Waals surface area contributed by atoms with E-state index in [1.807, 2.05) is 24.3 Å². The molecule has 3 aromatic rings. The third kappa shape index (κ3) is 4.34. The Kier molecular flexibility index (Phi) is 5.63. The van der Waals surface area contributed by atoms with Gasteiger partial charge in [-0.1, -0.05) is 35.0 Å². The van der Waals surface area contributed by atoms with Crippen molar-refractivity contribution in [2.45, 2.75) is 5.16 Å². The van der Waals surface area contributed by atoms with Crippen LogP contribution in [-0.4, -0.2) is 33.8 Å². The van der Waals surface area contributed by atoms with Crippen LogP contribution >= 0.6 is 35.0 Å². The van der Waals surface area contributed by atoms with Crippen molar-refractivity contribution in [1.29, 1.82) is 0 Å². The number of Topliss-reactive ketones (excluding diaryl/α,β-unsaturated/α-hetero) is 1. The predicted octanol–water partition coefficient (Wildman–Crippen LogP) is 4.76. The molecule has 1 aromatic heterocycles. The molecule has 0 unspecified atom stereocenters. The minimum atomic E-state index is -0.0700. The average molecular weight is 394 g/mol. The fourth-order valence-corrected chi connectivity index (χ4v) is 3.06. The third-order valence-corrected chi connectivity index (χ3v) is 4.99. The molecule has 5 nitrogen and oxygen atoms in total. The summed E-state index contributed by atoms with van der Waals surface area (Å²) in [5.74, 6) is 1.54. The molecule has 0 amide bonds. The molecule has 8 heteroatoms. The SMILES string of the molecule is COc1ccc(-c2nc(SCC(=O)c3ccc(Cl)c(Cl)c3)n[nH]2)cc1. The molecule has 1 N–H and O–H groups in total. The maximum atomic E-state index is 12.2. The quantitative estimate of drug-likeness (QED) is 0.482. The van der Waals surface area contributed by atoms with E-state index >= 15 is 0 Å². The molecule has 1 heterocycles. The van der Waals surface area contributed by atoms with Gasteiger partial charge in [-0.2, -0.15) is 0 Å². The number of methoxy groups -OCH3 is 1. The van der Waals surface area contributed by atoms with E-state index < -0.39 is 0 Å². The standard InChI is InChI=1S/C17H13Cl2N3O2S/c1-24-12-5-2-10(3-6-12)16-20-17(22-21-16)25-9-15(23)11-4-7-13(18)14(19)8-11/h2-8H,9H2,1H3,(H,20,21,22). The highest BCUT2D eigenvalue weighted by atomic mass is 35.5. The Balaban J connectivity index is 1.64. The van der Waals surface area contributed by atoms with Gasteiger partial charge in [0.1, 0.15) is 5.75 Å². The Morgan fingerprint density at radius 2 is 1.92 bits per heavy atom. The molecule has 0 atom stereocenters. The number of carbonyl (C=O) groups is 1. The highest BCUT2D eigenvalue weighted by Crippen LogP contribution is 2.25. The number of rotatable bonds is 6. The van der Waals surface area contributed by atoms with Gasteiger partial charge in [0.25, 0.3) is 0 Å². The summed E-state index contributed by atoms with van der Waals surface area (Å²) in [6.45, 7) is 0. The molecule has 25 heavy (non-hydrogen) atoms. The van der Waals surface area contributed by atoms with Crippen LogP contribution in [0.15, 0.2) is 47.6 Å². The van der Waals surface area contributed by atoms with E-state index in [9.17, 15) is 4.79 Å². The lowest BCUT2D eigenvalue weighted by atomic mass is 10.1.